The summed E-state index contributed by atoms with van der Waals surface area (Å²) in [5, 5.41) is 2.66. The predicted molar refractivity (Wildman–Crippen MR) is 46.7 cm³/mol. The first kappa shape index (κ1) is 14.8. The van der Waals surface area contributed by atoms with Gasteiger partial charge in [0.2, 0.25) is 0 Å². The molecular weight excluding hydrogens is 230 g/mol. The summed E-state index contributed by atoms with van der Waals surface area (Å²) in [6, 6.07) is 14.7. The van der Waals surface area contributed by atoms with E-state index in [9.17, 15) is 0 Å². The molecule has 2 aromatic rings. The van der Waals surface area contributed by atoms with Gasteiger partial charge in [-0.25, -0.2) is 0 Å². The number of carbonyl (C=O) groups excluding carboxylic acids is 1. The summed E-state index contributed by atoms with van der Waals surface area (Å²) in [6.45, 7) is 2.00. The third kappa shape index (κ3) is 3.67. The van der Waals surface area contributed by atoms with Crippen LogP contribution in [0.25, 0.3) is 10.8 Å². The maximum Gasteiger partial charge on any atom is 2.00 e. The molecule has 0 atom stereocenters. The quantitative estimate of drug-likeness (QED) is 0.442. The second-order valence-corrected chi connectivity index (χ2v) is 2.15. The Labute approximate surface area is 93.8 Å². The van der Waals surface area contributed by atoms with E-state index in [0.717, 1.165) is 0 Å². The van der Waals surface area contributed by atoms with Gasteiger partial charge in [0.15, 0.2) is 0 Å². The molecule has 2 rings (SSSR count). The van der Waals surface area contributed by atoms with E-state index in [4.69, 9.17) is 4.79 Å². The Morgan fingerprint density at radius 2 is 1.69 bits per heavy atom. The fourth-order valence-electron chi connectivity index (χ4n) is 1.07. The van der Waals surface area contributed by atoms with Crippen LogP contribution < -0.4 is 12.4 Å². The van der Waals surface area contributed by atoms with Gasteiger partial charge in [0.1, 0.15) is 6.79 Å². The van der Waals surface area contributed by atoms with Crippen LogP contribution in [0.5, 0.6) is 0 Å². The summed E-state index contributed by atoms with van der Waals surface area (Å²) in [7, 11) is 0. The van der Waals surface area contributed by atoms with Crippen LogP contribution in [0.4, 0.5) is 0 Å². The van der Waals surface area contributed by atoms with Gasteiger partial charge in [-0.15, -0.1) is 29.7 Å². The van der Waals surface area contributed by atoms with E-state index in [1.165, 1.54) is 10.8 Å². The molecule has 0 N–H and O–H groups in total. The summed E-state index contributed by atoms with van der Waals surface area (Å²) in [5.41, 5.74) is 0. The second-order valence-electron chi connectivity index (χ2n) is 2.15. The van der Waals surface area contributed by atoms with Gasteiger partial charge in [-0.2, -0.15) is 17.5 Å². The first-order valence-corrected chi connectivity index (χ1v) is 3.36. The third-order valence-electron chi connectivity index (χ3n) is 1.55. The number of rotatable bonds is 0. The molecule has 0 heterocycles. The van der Waals surface area contributed by atoms with Crippen LogP contribution in [0.15, 0.2) is 42.5 Å². The van der Waals surface area contributed by atoms with Gasteiger partial charge in [-0.1, -0.05) is 6.07 Å². The van der Waals surface area contributed by atoms with E-state index in [1.54, 1.807) is 0 Å². The number of fused-ring (bicyclic) bond motifs is 1. The Balaban J connectivity index is 0. The zero-order valence-corrected chi connectivity index (χ0v) is 8.59. The van der Waals surface area contributed by atoms with Crippen molar-refractivity contribution in [1.29, 1.82) is 0 Å². The number of carbonyl (C=O) groups is 1. The zero-order valence-electron chi connectivity index (χ0n) is 6.85. The van der Waals surface area contributed by atoms with Crippen LogP contribution in [0.1, 0.15) is 0 Å². The Morgan fingerprint density at radius 1 is 1.08 bits per heavy atom. The van der Waals surface area contributed by atoms with E-state index >= 15 is 0 Å². The average molecular weight is 239 g/mol. The van der Waals surface area contributed by atoms with Crippen molar-refractivity contribution in [2.75, 3.05) is 0 Å². The van der Waals surface area contributed by atoms with Gasteiger partial charge in [0.25, 0.3) is 0 Å². The first-order valence-electron chi connectivity index (χ1n) is 3.36. The first-order chi connectivity index (χ1) is 5.47. The molecule has 0 spiro atoms. The largest absolute Gasteiger partial charge is 2.00 e. The van der Waals surface area contributed by atoms with Crippen molar-refractivity contribution in [3.05, 3.63) is 42.5 Å². The zero-order chi connectivity index (χ0) is 8.10. The summed E-state index contributed by atoms with van der Waals surface area (Å²) in [4.78, 5) is 8.00. The number of benzene rings is 1. The van der Waals surface area contributed by atoms with Crippen LogP contribution in [0, 0.1) is 0 Å². The van der Waals surface area contributed by atoms with Crippen LogP contribution >= 0.6 is 0 Å². The molecule has 0 bridgehead atoms. The van der Waals surface area contributed by atoms with Gasteiger partial charge in [-0.05, 0) is 0 Å². The van der Waals surface area contributed by atoms with Gasteiger partial charge in [-0.3, -0.25) is 0 Å². The summed E-state index contributed by atoms with van der Waals surface area (Å²) in [5.74, 6) is 0. The Hall–Kier alpha value is -0.716. The smallest absolute Gasteiger partial charge is 1.00 e. The van der Waals surface area contributed by atoms with E-state index in [1.807, 2.05) is 6.79 Å². The van der Waals surface area contributed by atoms with Crippen LogP contribution in [-0.2, 0) is 21.3 Å². The van der Waals surface area contributed by atoms with Crippen molar-refractivity contribution in [3.8, 4) is 0 Å². The molecule has 72 valence electrons. The molecule has 0 unspecified atom stereocenters. The molecule has 0 radical (unpaired) electrons. The monoisotopic (exact) mass is 238 g/mol. The molecule has 1 nitrogen and oxygen atoms in total. The maximum atomic E-state index is 8.00. The molecule has 0 aliphatic heterocycles. The standard InChI is InChI=1S/C9H7.CH2O.ClH.Ni/c1-2-5-9-7-3-6-8(9)4-1;1-2;;/h1-7H;1H2;1H;/q-1;;;+2/p-1. The van der Waals surface area contributed by atoms with Gasteiger partial charge in [0.05, 0.1) is 0 Å². The molecule has 0 amide bonds. The van der Waals surface area contributed by atoms with Crippen molar-refractivity contribution in [1.82, 2.24) is 0 Å². The van der Waals surface area contributed by atoms with Crippen molar-refractivity contribution in [2.45, 2.75) is 0 Å². The van der Waals surface area contributed by atoms with E-state index in [0.29, 0.717) is 0 Å². The molecule has 0 aliphatic carbocycles. The maximum absolute atomic E-state index is 8.00. The van der Waals surface area contributed by atoms with Gasteiger partial charge in [0, 0.05) is 0 Å². The molecule has 0 saturated heterocycles. The number of hydrogen-bond acceptors (Lipinski definition) is 1. The van der Waals surface area contributed by atoms with Crippen molar-refractivity contribution in [3.63, 3.8) is 0 Å². The molecule has 0 fully saturated rings. The van der Waals surface area contributed by atoms with Crippen molar-refractivity contribution >= 4 is 17.6 Å². The van der Waals surface area contributed by atoms with Crippen molar-refractivity contribution in [2.24, 2.45) is 0 Å². The SMILES string of the molecule is C=O.[Cl-].[Ni+2].c1ccc2[cH-]ccc2c1. The Bertz CT molecular complexity index is 302. The van der Waals surface area contributed by atoms with Crippen molar-refractivity contribution < 1.29 is 33.7 Å². The molecule has 13 heavy (non-hydrogen) atoms. The molecular formula is C10H9ClNiO. The minimum Gasteiger partial charge on any atom is -1.00 e. The average Bonchev–Trinajstić information content (AvgIpc) is 2.55. The number of hydrogen-bond donors (Lipinski definition) is 0. The summed E-state index contributed by atoms with van der Waals surface area (Å²) in [6.07, 6.45) is 0. The van der Waals surface area contributed by atoms with Gasteiger partial charge >= 0.3 is 16.5 Å². The fourth-order valence-corrected chi connectivity index (χ4v) is 1.07. The van der Waals surface area contributed by atoms with Crippen LogP contribution in [-0.4, -0.2) is 6.79 Å². The Kier molecular flexibility index (Phi) is 9.00. The minimum atomic E-state index is 0. The topological polar surface area (TPSA) is 17.1 Å². The second kappa shape index (κ2) is 7.91. The molecule has 0 aliphatic rings. The molecule has 3 heteroatoms. The Morgan fingerprint density at radius 3 is 2.31 bits per heavy atom. The van der Waals surface area contributed by atoms with E-state index in [-0.39, 0.29) is 28.9 Å². The summed E-state index contributed by atoms with van der Waals surface area (Å²) < 4.78 is 0. The fraction of sp³-hybridized carbons (Fsp3) is 0. The van der Waals surface area contributed by atoms with Crippen LogP contribution in [0.3, 0.4) is 0 Å². The van der Waals surface area contributed by atoms with Gasteiger partial charge < -0.3 is 17.2 Å². The normalized spacial score (nSPS) is 7.38. The van der Waals surface area contributed by atoms with E-state index in [2.05, 4.69) is 42.5 Å². The summed E-state index contributed by atoms with van der Waals surface area (Å²) >= 11 is 0. The third-order valence-corrected chi connectivity index (χ3v) is 1.55. The predicted octanol–water partition coefficient (Wildman–Crippen LogP) is -0.625. The molecule has 0 saturated carbocycles. The molecule has 2 aromatic carbocycles. The number of halogens is 1. The minimum absolute atomic E-state index is 0. The molecule has 0 aromatic heterocycles. The van der Waals surface area contributed by atoms with E-state index < -0.39 is 0 Å². The van der Waals surface area contributed by atoms with Crippen LogP contribution in [0.2, 0.25) is 0 Å².